The zero-order chi connectivity index (χ0) is 13.9. The Balaban J connectivity index is 1.59. The molecule has 1 heterocycles. The number of hydrogen-bond acceptors (Lipinski definition) is 3. The van der Waals surface area contributed by atoms with Gasteiger partial charge in [-0.3, -0.25) is 0 Å². The third kappa shape index (κ3) is 3.11. The zero-order valence-electron chi connectivity index (χ0n) is 12.0. The van der Waals surface area contributed by atoms with Gasteiger partial charge in [-0.25, -0.2) is 0 Å². The second kappa shape index (κ2) is 6.33. The van der Waals surface area contributed by atoms with E-state index in [1.54, 1.807) is 0 Å². The van der Waals surface area contributed by atoms with Crippen molar-refractivity contribution in [3.8, 4) is 5.75 Å². The number of rotatable bonds is 4. The van der Waals surface area contributed by atoms with Gasteiger partial charge in [0, 0.05) is 23.0 Å². The Bertz CT molecular complexity index is 470. The van der Waals surface area contributed by atoms with Crippen molar-refractivity contribution < 1.29 is 9.47 Å². The zero-order valence-corrected chi connectivity index (χ0v) is 12.7. The first kappa shape index (κ1) is 14.2. The molecule has 2 aliphatic rings. The van der Waals surface area contributed by atoms with Crippen molar-refractivity contribution in [1.29, 1.82) is 0 Å². The molecule has 0 aromatic heterocycles. The summed E-state index contributed by atoms with van der Waals surface area (Å²) in [6.45, 7) is 1.37. The van der Waals surface area contributed by atoms with Gasteiger partial charge in [0.15, 0.2) is 0 Å². The lowest BCUT2D eigenvalue weighted by Gasteiger charge is -2.28. The van der Waals surface area contributed by atoms with Crippen LogP contribution in [0.2, 0.25) is 5.02 Å². The SMILES string of the molecule is CNC1CCC(OCc2cc(Cl)cc3c2OCC3)CC1. The average molecular weight is 296 g/mol. The van der Waals surface area contributed by atoms with E-state index in [4.69, 9.17) is 21.1 Å². The van der Waals surface area contributed by atoms with Crippen molar-refractivity contribution in [2.75, 3.05) is 13.7 Å². The van der Waals surface area contributed by atoms with Crippen LogP contribution >= 0.6 is 11.6 Å². The third-order valence-electron chi connectivity index (χ3n) is 4.38. The van der Waals surface area contributed by atoms with E-state index in [-0.39, 0.29) is 0 Å². The summed E-state index contributed by atoms with van der Waals surface area (Å²) >= 11 is 6.17. The van der Waals surface area contributed by atoms with E-state index in [0.29, 0.717) is 18.8 Å². The van der Waals surface area contributed by atoms with Crippen LogP contribution in [0.25, 0.3) is 0 Å². The minimum atomic E-state index is 0.371. The fourth-order valence-electron chi connectivity index (χ4n) is 3.18. The first-order valence-electron chi connectivity index (χ1n) is 7.49. The summed E-state index contributed by atoms with van der Waals surface area (Å²) in [5.41, 5.74) is 2.32. The van der Waals surface area contributed by atoms with Crippen LogP contribution in [0.3, 0.4) is 0 Å². The normalized spacial score (nSPS) is 25.3. The maximum atomic E-state index is 6.17. The van der Waals surface area contributed by atoms with Crippen LogP contribution in [-0.2, 0) is 17.8 Å². The molecule has 3 rings (SSSR count). The van der Waals surface area contributed by atoms with Crippen LogP contribution in [0.5, 0.6) is 5.75 Å². The molecule has 1 fully saturated rings. The molecule has 0 spiro atoms. The number of ether oxygens (including phenoxy) is 2. The van der Waals surface area contributed by atoms with Gasteiger partial charge in [0.2, 0.25) is 0 Å². The highest BCUT2D eigenvalue weighted by molar-refractivity contribution is 6.30. The molecule has 20 heavy (non-hydrogen) atoms. The lowest BCUT2D eigenvalue weighted by atomic mass is 9.93. The number of fused-ring (bicyclic) bond motifs is 1. The highest BCUT2D eigenvalue weighted by Gasteiger charge is 2.22. The number of hydrogen-bond donors (Lipinski definition) is 1. The summed E-state index contributed by atoms with van der Waals surface area (Å²) in [4.78, 5) is 0. The number of nitrogens with one attached hydrogen (secondary N) is 1. The van der Waals surface area contributed by atoms with Crippen LogP contribution in [0.15, 0.2) is 12.1 Å². The van der Waals surface area contributed by atoms with Gasteiger partial charge in [-0.2, -0.15) is 0 Å². The molecule has 1 saturated carbocycles. The fourth-order valence-corrected chi connectivity index (χ4v) is 3.44. The molecule has 0 bridgehead atoms. The van der Waals surface area contributed by atoms with Gasteiger partial charge >= 0.3 is 0 Å². The Kier molecular flexibility index (Phi) is 4.49. The van der Waals surface area contributed by atoms with Crippen LogP contribution in [-0.4, -0.2) is 25.8 Å². The third-order valence-corrected chi connectivity index (χ3v) is 4.60. The molecule has 0 radical (unpaired) electrons. The molecule has 0 amide bonds. The summed E-state index contributed by atoms with van der Waals surface area (Å²) < 4.78 is 11.8. The summed E-state index contributed by atoms with van der Waals surface area (Å²) in [6.07, 6.45) is 5.99. The maximum absolute atomic E-state index is 6.17. The monoisotopic (exact) mass is 295 g/mol. The predicted octanol–water partition coefficient (Wildman–Crippen LogP) is 3.32. The van der Waals surface area contributed by atoms with E-state index in [1.807, 2.05) is 19.2 Å². The summed E-state index contributed by atoms with van der Waals surface area (Å²) in [7, 11) is 2.04. The van der Waals surface area contributed by atoms with Crippen molar-refractivity contribution >= 4 is 11.6 Å². The van der Waals surface area contributed by atoms with Crippen molar-refractivity contribution in [2.24, 2.45) is 0 Å². The molecule has 1 N–H and O–H groups in total. The van der Waals surface area contributed by atoms with E-state index in [9.17, 15) is 0 Å². The Morgan fingerprint density at radius 3 is 2.85 bits per heavy atom. The Labute approximate surface area is 125 Å². The summed E-state index contributed by atoms with van der Waals surface area (Å²) in [6, 6.07) is 4.64. The van der Waals surface area contributed by atoms with Crippen LogP contribution in [0, 0.1) is 0 Å². The quantitative estimate of drug-likeness (QED) is 0.924. The molecule has 1 aliphatic heterocycles. The van der Waals surface area contributed by atoms with Crippen molar-refractivity contribution in [1.82, 2.24) is 5.32 Å². The average Bonchev–Trinajstić information content (AvgIpc) is 2.93. The van der Waals surface area contributed by atoms with Crippen LogP contribution in [0.1, 0.15) is 36.8 Å². The minimum Gasteiger partial charge on any atom is -0.493 e. The summed E-state index contributed by atoms with van der Waals surface area (Å²) in [5, 5.41) is 4.13. The standard InChI is InChI=1S/C16H22ClNO2/c1-18-14-2-4-15(5-3-14)20-10-12-9-13(17)8-11-6-7-19-16(11)12/h8-9,14-15,18H,2-7,10H2,1H3. The molecule has 3 nitrogen and oxygen atoms in total. The Hall–Kier alpha value is -0.770. The highest BCUT2D eigenvalue weighted by atomic mass is 35.5. The van der Waals surface area contributed by atoms with Gasteiger partial charge in [0.1, 0.15) is 5.75 Å². The van der Waals surface area contributed by atoms with E-state index in [0.717, 1.165) is 42.2 Å². The largest absolute Gasteiger partial charge is 0.493 e. The maximum Gasteiger partial charge on any atom is 0.128 e. The lowest BCUT2D eigenvalue weighted by molar-refractivity contribution is 0.0111. The van der Waals surface area contributed by atoms with Gasteiger partial charge in [0.25, 0.3) is 0 Å². The Morgan fingerprint density at radius 1 is 1.30 bits per heavy atom. The van der Waals surface area contributed by atoms with E-state index in [2.05, 4.69) is 5.32 Å². The molecular weight excluding hydrogens is 274 g/mol. The Morgan fingerprint density at radius 2 is 2.10 bits per heavy atom. The minimum absolute atomic E-state index is 0.371. The van der Waals surface area contributed by atoms with E-state index in [1.165, 1.54) is 18.4 Å². The number of halogens is 1. The molecule has 1 aromatic rings. The van der Waals surface area contributed by atoms with E-state index >= 15 is 0 Å². The van der Waals surface area contributed by atoms with Gasteiger partial charge in [-0.1, -0.05) is 11.6 Å². The first-order valence-corrected chi connectivity index (χ1v) is 7.87. The smallest absolute Gasteiger partial charge is 0.128 e. The van der Waals surface area contributed by atoms with Gasteiger partial charge < -0.3 is 14.8 Å². The molecule has 1 aliphatic carbocycles. The molecule has 4 heteroatoms. The predicted molar refractivity (Wildman–Crippen MR) is 80.5 cm³/mol. The van der Waals surface area contributed by atoms with Crippen molar-refractivity contribution in [3.05, 3.63) is 28.3 Å². The molecule has 0 unspecified atom stereocenters. The van der Waals surface area contributed by atoms with E-state index < -0.39 is 0 Å². The van der Waals surface area contributed by atoms with Gasteiger partial charge in [-0.05, 0) is 50.4 Å². The first-order chi connectivity index (χ1) is 9.76. The van der Waals surface area contributed by atoms with Gasteiger partial charge in [0.05, 0.1) is 19.3 Å². The lowest BCUT2D eigenvalue weighted by Crippen LogP contribution is -2.32. The molecule has 110 valence electrons. The topological polar surface area (TPSA) is 30.5 Å². The highest BCUT2D eigenvalue weighted by Crippen LogP contribution is 2.34. The molecule has 0 saturated heterocycles. The molecule has 0 atom stereocenters. The van der Waals surface area contributed by atoms with Crippen molar-refractivity contribution in [3.63, 3.8) is 0 Å². The second-order valence-electron chi connectivity index (χ2n) is 5.72. The van der Waals surface area contributed by atoms with Crippen molar-refractivity contribution in [2.45, 2.75) is 50.9 Å². The number of benzene rings is 1. The molecular formula is C16H22ClNO2. The van der Waals surface area contributed by atoms with Crippen LogP contribution in [0.4, 0.5) is 0 Å². The fraction of sp³-hybridized carbons (Fsp3) is 0.625. The summed E-state index contributed by atoms with van der Waals surface area (Å²) in [5.74, 6) is 0.998. The second-order valence-corrected chi connectivity index (χ2v) is 6.16. The van der Waals surface area contributed by atoms with Crippen LogP contribution < -0.4 is 10.1 Å². The van der Waals surface area contributed by atoms with Gasteiger partial charge in [-0.15, -0.1) is 0 Å². The molecule has 1 aromatic carbocycles.